The summed E-state index contributed by atoms with van der Waals surface area (Å²) in [4.78, 5) is 16.3. The van der Waals surface area contributed by atoms with Gasteiger partial charge >= 0.3 is 0 Å². The van der Waals surface area contributed by atoms with Gasteiger partial charge in [-0.05, 0) is 87.0 Å². The zero-order chi connectivity index (χ0) is 20.6. The number of amides is 1. The number of carbonyl (C=O) groups is 1. The van der Waals surface area contributed by atoms with Crippen LogP contribution in [0.5, 0.6) is 5.75 Å². The molecule has 0 aromatic heterocycles. The molecule has 3 rings (SSSR count). The Balaban J connectivity index is 1.43. The molecule has 156 valence electrons. The van der Waals surface area contributed by atoms with Gasteiger partial charge in [0.25, 0.3) is 5.91 Å². The van der Waals surface area contributed by atoms with Gasteiger partial charge < -0.3 is 9.64 Å². The maximum Gasteiger partial charge on any atom is 0.253 e. The molecule has 1 fully saturated rings. The van der Waals surface area contributed by atoms with Crippen LogP contribution in [0, 0.1) is 5.92 Å². The van der Waals surface area contributed by atoms with Crippen LogP contribution in [0.4, 0.5) is 0 Å². The molecule has 1 aliphatic rings. The van der Waals surface area contributed by atoms with E-state index in [1.807, 2.05) is 25.1 Å². The van der Waals surface area contributed by atoms with Crippen LogP contribution in [-0.4, -0.2) is 49.5 Å². The molecule has 0 unspecified atom stereocenters. The fraction of sp³-hybridized carbons (Fsp3) is 0.480. The van der Waals surface area contributed by atoms with Gasteiger partial charge in [-0.15, -0.1) is 0 Å². The lowest BCUT2D eigenvalue weighted by Crippen LogP contribution is -2.33. The summed E-state index contributed by atoms with van der Waals surface area (Å²) in [7, 11) is 3.60. The molecule has 1 amide bonds. The van der Waals surface area contributed by atoms with Crippen LogP contribution in [0.15, 0.2) is 48.5 Å². The average Bonchev–Trinajstić information content (AvgIpc) is 2.74. The minimum Gasteiger partial charge on any atom is -0.494 e. The van der Waals surface area contributed by atoms with Crippen molar-refractivity contribution in [3.05, 3.63) is 65.2 Å². The predicted molar refractivity (Wildman–Crippen MR) is 118 cm³/mol. The van der Waals surface area contributed by atoms with Crippen molar-refractivity contribution in [2.75, 3.05) is 33.8 Å². The molecule has 0 saturated carbocycles. The lowest BCUT2D eigenvalue weighted by Gasteiger charge is -2.32. The molecule has 29 heavy (non-hydrogen) atoms. The SMILES string of the molecule is CCOc1ccc(CCC2CCN(Cc3cccc(C(=O)N(C)C)c3)CC2)cc1. The number of likely N-dealkylation sites (tertiary alicyclic amines) is 1. The van der Waals surface area contributed by atoms with Gasteiger partial charge in [0.2, 0.25) is 0 Å². The van der Waals surface area contributed by atoms with Crippen LogP contribution in [-0.2, 0) is 13.0 Å². The van der Waals surface area contributed by atoms with Gasteiger partial charge in [0.05, 0.1) is 6.61 Å². The number of nitrogens with zero attached hydrogens (tertiary/aromatic N) is 2. The summed E-state index contributed by atoms with van der Waals surface area (Å²) in [6, 6.07) is 16.6. The fourth-order valence-electron chi connectivity index (χ4n) is 4.04. The summed E-state index contributed by atoms with van der Waals surface area (Å²) in [5.41, 5.74) is 3.40. The summed E-state index contributed by atoms with van der Waals surface area (Å²) in [5.74, 6) is 1.83. The average molecular weight is 395 g/mol. The highest BCUT2D eigenvalue weighted by Gasteiger charge is 2.19. The second-order valence-corrected chi connectivity index (χ2v) is 8.24. The molecule has 1 saturated heterocycles. The number of ether oxygens (including phenoxy) is 1. The van der Waals surface area contributed by atoms with Gasteiger partial charge in [-0.2, -0.15) is 0 Å². The largest absolute Gasteiger partial charge is 0.494 e. The van der Waals surface area contributed by atoms with E-state index in [1.54, 1.807) is 19.0 Å². The van der Waals surface area contributed by atoms with Crippen molar-refractivity contribution in [2.45, 2.75) is 39.2 Å². The summed E-state index contributed by atoms with van der Waals surface area (Å²) in [6.07, 6.45) is 4.92. The predicted octanol–water partition coefficient (Wildman–Crippen LogP) is 4.63. The maximum absolute atomic E-state index is 12.2. The molecule has 0 spiro atoms. The lowest BCUT2D eigenvalue weighted by atomic mass is 9.90. The Morgan fingerprint density at radius 2 is 1.79 bits per heavy atom. The number of piperidine rings is 1. The topological polar surface area (TPSA) is 32.8 Å². The van der Waals surface area contributed by atoms with Crippen LogP contribution in [0.1, 0.15) is 47.7 Å². The molecule has 2 aromatic carbocycles. The molecule has 0 N–H and O–H groups in total. The fourth-order valence-corrected chi connectivity index (χ4v) is 4.04. The second kappa shape index (κ2) is 10.4. The molecule has 0 radical (unpaired) electrons. The van der Waals surface area contributed by atoms with Crippen LogP contribution in [0.25, 0.3) is 0 Å². The second-order valence-electron chi connectivity index (χ2n) is 8.24. The van der Waals surface area contributed by atoms with E-state index in [-0.39, 0.29) is 5.91 Å². The van der Waals surface area contributed by atoms with Gasteiger partial charge in [0.15, 0.2) is 0 Å². The van der Waals surface area contributed by atoms with Gasteiger partial charge in [-0.25, -0.2) is 0 Å². The first kappa shape index (κ1) is 21.4. The quantitative estimate of drug-likeness (QED) is 0.654. The van der Waals surface area contributed by atoms with Crippen molar-refractivity contribution in [3.63, 3.8) is 0 Å². The Labute approximate surface area is 175 Å². The molecule has 0 bridgehead atoms. The Hall–Kier alpha value is -2.33. The van der Waals surface area contributed by atoms with E-state index in [1.165, 1.54) is 30.4 Å². The molecule has 1 heterocycles. The van der Waals surface area contributed by atoms with E-state index >= 15 is 0 Å². The molecule has 4 heteroatoms. The van der Waals surface area contributed by atoms with Crippen molar-refractivity contribution in [1.82, 2.24) is 9.80 Å². The van der Waals surface area contributed by atoms with Crippen LogP contribution in [0.2, 0.25) is 0 Å². The van der Waals surface area contributed by atoms with Gasteiger partial charge in [0, 0.05) is 26.2 Å². The Morgan fingerprint density at radius 1 is 1.07 bits per heavy atom. The number of carbonyl (C=O) groups excluding carboxylic acids is 1. The number of hydrogen-bond donors (Lipinski definition) is 0. The number of aryl methyl sites for hydroxylation is 1. The minimum atomic E-state index is 0.0693. The Bertz CT molecular complexity index is 778. The summed E-state index contributed by atoms with van der Waals surface area (Å²) < 4.78 is 5.52. The van der Waals surface area contributed by atoms with E-state index in [9.17, 15) is 4.79 Å². The zero-order valence-corrected chi connectivity index (χ0v) is 18.1. The molecular formula is C25H34N2O2. The number of rotatable bonds is 8. The summed E-state index contributed by atoms with van der Waals surface area (Å²) in [6.45, 7) is 5.94. The van der Waals surface area contributed by atoms with E-state index in [0.29, 0.717) is 6.61 Å². The van der Waals surface area contributed by atoms with Crippen molar-refractivity contribution in [1.29, 1.82) is 0 Å². The highest BCUT2D eigenvalue weighted by atomic mass is 16.5. The van der Waals surface area contributed by atoms with E-state index in [0.717, 1.165) is 43.3 Å². The first-order valence-corrected chi connectivity index (χ1v) is 10.8. The lowest BCUT2D eigenvalue weighted by molar-refractivity contribution is 0.0827. The normalized spacial score (nSPS) is 15.3. The van der Waals surface area contributed by atoms with Crippen molar-refractivity contribution >= 4 is 5.91 Å². The number of hydrogen-bond acceptors (Lipinski definition) is 3. The van der Waals surface area contributed by atoms with Crippen LogP contribution < -0.4 is 4.74 Å². The number of benzene rings is 2. The molecule has 0 aliphatic carbocycles. The Kier molecular flexibility index (Phi) is 7.70. The van der Waals surface area contributed by atoms with Gasteiger partial charge in [-0.3, -0.25) is 9.69 Å². The van der Waals surface area contributed by atoms with Crippen LogP contribution in [0.3, 0.4) is 0 Å². The third-order valence-electron chi connectivity index (χ3n) is 5.77. The molecule has 0 atom stereocenters. The monoisotopic (exact) mass is 394 g/mol. The third kappa shape index (κ3) is 6.33. The highest BCUT2D eigenvalue weighted by Crippen LogP contribution is 2.24. The van der Waals surface area contributed by atoms with Crippen molar-refractivity contribution < 1.29 is 9.53 Å². The van der Waals surface area contributed by atoms with Crippen molar-refractivity contribution in [3.8, 4) is 5.75 Å². The van der Waals surface area contributed by atoms with E-state index in [2.05, 4.69) is 35.2 Å². The van der Waals surface area contributed by atoms with Gasteiger partial charge in [0.1, 0.15) is 5.75 Å². The molecule has 2 aromatic rings. The van der Waals surface area contributed by atoms with E-state index < -0.39 is 0 Å². The maximum atomic E-state index is 12.2. The molecular weight excluding hydrogens is 360 g/mol. The molecule has 4 nitrogen and oxygen atoms in total. The Morgan fingerprint density at radius 3 is 2.45 bits per heavy atom. The highest BCUT2D eigenvalue weighted by molar-refractivity contribution is 5.94. The molecule has 1 aliphatic heterocycles. The first-order chi connectivity index (χ1) is 14.0. The smallest absolute Gasteiger partial charge is 0.253 e. The summed E-state index contributed by atoms with van der Waals surface area (Å²) >= 11 is 0. The minimum absolute atomic E-state index is 0.0693. The standard InChI is InChI=1S/C25H34N2O2/c1-4-29-24-12-10-20(11-13-24)8-9-21-14-16-27(17-15-21)19-22-6-5-7-23(18-22)25(28)26(2)3/h5-7,10-13,18,21H,4,8-9,14-17,19H2,1-3H3. The summed E-state index contributed by atoms with van der Waals surface area (Å²) in [5, 5.41) is 0. The third-order valence-corrected chi connectivity index (χ3v) is 5.77. The van der Waals surface area contributed by atoms with Crippen molar-refractivity contribution in [2.24, 2.45) is 5.92 Å². The first-order valence-electron chi connectivity index (χ1n) is 10.8. The zero-order valence-electron chi connectivity index (χ0n) is 18.1. The van der Waals surface area contributed by atoms with Gasteiger partial charge in [-0.1, -0.05) is 24.3 Å². The van der Waals surface area contributed by atoms with E-state index in [4.69, 9.17) is 4.74 Å². The van der Waals surface area contributed by atoms with Crippen LogP contribution >= 0.6 is 0 Å².